The third-order valence-corrected chi connectivity index (χ3v) is 19.1. The van der Waals surface area contributed by atoms with Crippen molar-refractivity contribution < 1.29 is 57.7 Å². The predicted octanol–water partition coefficient (Wildman–Crippen LogP) is 7.60. The second kappa shape index (κ2) is 15.8. The van der Waals surface area contributed by atoms with Crippen molar-refractivity contribution in [3.05, 3.63) is 95.9 Å². The number of aliphatic hydroxyl groups excluding tert-OH is 2. The van der Waals surface area contributed by atoms with Crippen LogP contribution in [0.3, 0.4) is 0 Å². The molecule has 0 amide bonds. The minimum absolute atomic E-state index is 0.0206. The van der Waals surface area contributed by atoms with Crippen LogP contribution in [0.1, 0.15) is 113 Å². The van der Waals surface area contributed by atoms with Gasteiger partial charge in [0, 0.05) is 33.5 Å². The van der Waals surface area contributed by atoms with E-state index < -0.39 is 61.0 Å². The molecule has 10 unspecified atom stereocenters. The Morgan fingerprint density at radius 1 is 0.734 bits per heavy atom. The highest BCUT2D eigenvalue weighted by molar-refractivity contribution is 8.26. The molecule has 12 nitrogen and oxygen atoms in total. The van der Waals surface area contributed by atoms with Gasteiger partial charge in [-0.3, -0.25) is 24.0 Å². The topological polar surface area (TPSA) is 199 Å². The molecule has 0 aliphatic heterocycles. The van der Waals surface area contributed by atoms with Gasteiger partial charge in [0.15, 0.2) is 22.9 Å². The number of fused-ring (bicyclic) bond motifs is 10. The van der Waals surface area contributed by atoms with E-state index in [0.29, 0.717) is 37.4 Å². The minimum Gasteiger partial charge on any atom is -0.460 e. The van der Waals surface area contributed by atoms with Gasteiger partial charge >= 0.3 is 5.97 Å². The van der Waals surface area contributed by atoms with Gasteiger partial charge in [0.2, 0.25) is 16.0 Å². The van der Waals surface area contributed by atoms with Crippen LogP contribution in [-0.2, 0) is 23.9 Å². The second-order valence-corrected chi connectivity index (χ2v) is 21.9. The average Bonchev–Trinajstić information content (AvgIpc) is 4.06. The normalized spacial score (nSPS) is 42.6. The smallest absolute Gasteiger partial charge is 0.375 e. The Bertz CT molecular complexity index is 2410. The highest BCUT2D eigenvalue weighted by atomic mass is 32.2. The molecule has 0 aromatic carbocycles. The third kappa shape index (κ3) is 6.58. The summed E-state index contributed by atoms with van der Waals surface area (Å²) in [5.74, 6) is -0.540. The number of rotatable bonds is 5. The fourth-order valence-electron chi connectivity index (χ4n) is 14.8. The summed E-state index contributed by atoms with van der Waals surface area (Å²) in [6.07, 6.45) is 17.6. The van der Waals surface area contributed by atoms with E-state index in [4.69, 9.17) is 13.6 Å². The second-order valence-electron chi connectivity index (χ2n) is 20.5. The van der Waals surface area contributed by atoms with E-state index >= 15 is 0 Å². The molecule has 0 bridgehead atoms. The number of thiol groups is 1. The van der Waals surface area contributed by atoms with Gasteiger partial charge in [-0.15, -0.1) is 12.6 Å². The van der Waals surface area contributed by atoms with E-state index in [-0.39, 0.29) is 76.9 Å². The van der Waals surface area contributed by atoms with Gasteiger partial charge < -0.3 is 28.9 Å². The lowest BCUT2D eigenvalue weighted by atomic mass is 9.46. The SMILES string of the molecule is CC12C=CC(=O)C=C1CCC1C2[C@@H](O)CC2(C)C1CC[C@]2(O)C(=O)S.CC12C=CC(=O)C=C1CCC1C2[C@@H](O)CC2(C)C1CC[C@]2(OC(=O)c1ccco1)C(=O)SC(=O)c1ccco1. The van der Waals surface area contributed by atoms with Crippen LogP contribution in [0, 0.1) is 57.2 Å². The molecule has 10 rings (SSSR count). The molecule has 340 valence electrons. The summed E-state index contributed by atoms with van der Waals surface area (Å²) >= 11 is 4.45. The molecule has 2 heterocycles. The first-order valence-corrected chi connectivity index (χ1v) is 23.8. The molecule has 0 saturated heterocycles. The highest BCUT2D eigenvalue weighted by Gasteiger charge is 2.71. The summed E-state index contributed by atoms with van der Waals surface area (Å²) in [7, 11) is 0. The molecule has 14 atom stereocenters. The molecule has 0 radical (unpaired) electrons. The molecular formula is C50H56O12S2. The monoisotopic (exact) mass is 912 g/mol. The number of hydrogen-bond acceptors (Lipinski definition) is 13. The van der Waals surface area contributed by atoms with Crippen LogP contribution < -0.4 is 0 Å². The first-order chi connectivity index (χ1) is 30.2. The van der Waals surface area contributed by atoms with Crippen molar-refractivity contribution in [2.75, 3.05) is 0 Å². The zero-order valence-corrected chi connectivity index (χ0v) is 38.2. The van der Waals surface area contributed by atoms with E-state index in [1.54, 1.807) is 36.4 Å². The number of ether oxygens (including phenoxy) is 1. The summed E-state index contributed by atoms with van der Waals surface area (Å²) in [5, 5.41) is 32.3. The number of thioether (sulfide) groups is 1. The van der Waals surface area contributed by atoms with Crippen LogP contribution in [0.4, 0.5) is 0 Å². The van der Waals surface area contributed by atoms with Gasteiger partial charge in [-0.1, -0.05) is 51.0 Å². The Labute approximate surface area is 381 Å². The molecule has 6 saturated carbocycles. The van der Waals surface area contributed by atoms with Crippen LogP contribution >= 0.6 is 24.4 Å². The Balaban J connectivity index is 0.000000178. The molecule has 64 heavy (non-hydrogen) atoms. The van der Waals surface area contributed by atoms with Crippen molar-refractivity contribution in [3.8, 4) is 0 Å². The third-order valence-electron chi connectivity index (χ3n) is 17.8. The van der Waals surface area contributed by atoms with Gasteiger partial charge in [-0.25, -0.2) is 4.79 Å². The average molecular weight is 913 g/mol. The predicted molar refractivity (Wildman–Crippen MR) is 237 cm³/mol. The van der Waals surface area contributed by atoms with Gasteiger partial charge in [-0.2, -0.15) is 0 Å². The Morgan fingerprint density at radius 2 is 1.23 bits per heavy atom. The van der Waals surface area contributed by atoms with E-state index in [1.165, 1.54) is 24.7 Å². The van der Waals surface area contributed by atoms with Gasteiger partial charge in [0.25, 0.3) is 5.12 Å². The number of carbonyl (C=O) groups excluding carboxylic acids is 6. The fraction of sp³-hybridized carbons (Fsp3) is 0.560. The van der Waals surface area contributed by atoms with Crippen LogP contribution in [0.2, 0.25) is 0 Å². The molecule has 2 aromatic rings. The standard InChI is InChI=1S/C30H30O8S.C20H26O4S/c1-28-11-9-18(31)15-17(28)7-8-19-20-10-12-30(29(20,2)16-21(32)24(19)28,38-25(33)22-5-3-13-36-22)27(35)39-26(34)23-6-4-14-37-23;1-18-7-5-12(21)9-11(18)3-4-13-14-6-8-20(24,17(23)25)19(14,2)10-15(22)16(13)18/h3-6,9,11,13-15,19-21,24,32H,7-8,10,12,16H2,1-2H3;5,7,9,13-16,22,24H,3-4,6,8,10H2,1-2H3,(H,23,25)/t19?,20?,21-,24?,28?,29?,30-;13?,14?,15-,16?,18?,19?,20-/m00/s1. The molecule has 0 spiro atoms. The number of hydrogen-bond donors (Lipinski definition) is 4. The summed E-state index contributed by atoms with van der Waals surface area (Å²) in [5.41, 5.74) is -3.33. The van der Waals surface area contributed by atoms with Crippen molar-refractivity contribution in [2.45, 2.75) is 115 Å². The summed E-state index contributed by atoms with van der Waals surface area (Å²) in [4.78, 5) is 76.2. The maximum atomic E-state index is 14.1. The Morgan fingerprint density at radius 3 is 1.75 bits per heavy atom. The van der Waals surface area contributed by atoms with E-state index in [0.717, 1.165) is 36.8 Å². The molecule has 6 fully saturated rings. The molecule has 14 heteroatoms. The lowest BCUT2D eigenvalue weighted by Crippen LogP contribution is -2.62. The Hall–Kier alpha value is -4.08. The first kappa shape index (κ1) is 45.1. The molecule has 3 N–H and O–H groups in total. The van der Waals surface area contributed by atoms with Crippen molar-refractivity contribution in [3.63, 3.8) is 0 Å². The van der Waals surface area contributed by atoms with Gasteiger partial charge in [0.1, 0.15) is 5.60 Å². The maximum Gasteiger partial charge on any atom is 0.375 e. The number of allylic oxidation sites excluding steroid dienone is 8. The zero-order valence-electron chi connectivity index (χ0n) is 36.5. The molecule has 2 aromatic heterocycles. The minimum atomic E-state index is -1.66. The maximum absolute atomic E-state index is 14.1. The van der Waals surface area contributed by atoms with Gasteiger partial charge in [0.05, 0.1) is 24.7 Å². The van der Waals surface area contributed by atoms with Crippen LogP contribution in [-0.4, -0.2) is 71.6 Å². The largest absolute Gasteiger partial charge is 0.460 e. The fourth-order valence-corrected chi connectivity index (χ4v) is 16.0. The van der Waals surface area contributed by atoms with Crippen LogP contribution in [0.15, 0.2) is 93.2 Å². The van der Waals surface area contributed by atoms with Crippen LogP contribution in [0.5, 0.6) is 0 Å². The molecule has 8 aliphatic carbocycles. The number of furan rings is 2. The lowest BCUT2D eigenvalue weighted by Gasteiger charge is -2.59. The molecule has 8 aliphatic rings. The highest BCUT2D eigenvalue weighted by Crippen LogP contribution is 2.69. The van der Waals surface area contributed by atoms with E-state index in [2.05, 4.69) is 26.5 Å². The van der Waals surface area contributed by atoms with Crippen molar-refractivity contribution in [1.29, 1.82) is 0 Å². The van der Waals surface area contributed by atoms with Crippen molar-refractivity contribution >= 4 is 57.3 Å². The number of ketones is 2. The van der Waals surface area contributed by atoms with E-state index in [1.807, 2.05) is 26.0 Å². The van der Waals surface area contributed by atoms with Crippen LogP contribution in [0.25, 0.3) is 0 Å². The first-order valence-electron chi connectivity index (χ1n) is 22.5. The van der Waals surface area contributed by atoms with E-state index in [9.17, 15) is 44.1 Å². The lowest BCUT2D eigenvalue weighted by molar-refractivity contribution is -0.171. The van der Waals surface area contributed by atoms with Gasteiger partial charge in [-0.05, 0) is 148 Å². The zero-order chi connectivity index (χ0) is 45.8. The summed E-state index contributed by atoms with van der Waals surface area (Å²) in [6.45, 7) is 8.05. The van der Waals surface area contributed by atoms with Crippen molar-refractivity contribution in [1.82, 2.24) is 0 Å². The number of aliphatic hydroxyl groups is 3. The molecular weight excluding hydrogens is 857 g/mol. The van der Waals surface area contributed by atoms with Crippen molar-refractivity contribution in [2.24, 2.45) is 57.2 Å². The number of esters is 1. The summed E-state index contributed by atoms with van der Waals surface area (Å²) in [6, 6.07) is 6.07. The Kier molecular flexibility index (Phi) is 11.1. The summed E-state index contributed by atoms with van der Waals surface area (Å²) < 4.78 is 16.6. The number of carbonyl (C=O) groups is 6. The quantitative estimate of drug-likeness (QED) is 0.169.